The van der Waals surface area contributed by atoms with Crippen molar-refractivity contribution in [3.05, 3.63) is 17.7 Å². The van der Waals surface area contributed by atoms with Crippen LogP contribution in [0.1, 0.15) is 18.5 Å². The zero-order chi connectivity index (χ0) is 10.9. The summed E-state index contributed by atoms with van der Waals surface area (Å²) in [6.07, 6.45) is -0.906. The highest BCUT2D eigenvalue weighted by atomic mass is 35.5. The van der Waals surface area contributed by atoms with Crippen LogP contribution in [0.4, 0.5) is 0 Å². The molecule has 1 aromatic rings. The van der Waals surface area contributed by atoms with Gasteiger partial charge in [-0.2, -0.15) is 0 Å². The first-order valence-corrected chi connectivity index (χ1v) is 4.12. The topological polar surface area (TPSA) is 107 Å². The molecule has 0 saturated carbocycles. The van der Waals surface area contributed by atoms with Crippen molar-refractivity contribution in [2.45, 2.75) is 19.1 Å². The summed E-state index contributed by atoms with van der Waals surface area (Å²) in [7, 11) is 0. The highest BCUT2D eigenvalue weighted by Gasteiger charge is 2.20. The molecule has 0 aliphatic heterocycles. The van der Waals surface area contributed by atoms with Crippen LogP contribution in [0.2, 0.25) is 0 Å². The van der Waals surface area contributed by atoms with Crippen molar-refractivity contribution >= 4 is 12.4 Å². The maximum Gasteiger partial charge on any atom is 0.127 e. The molecule has 0 saturated heterocycles. The minimum atomic E-state index is -0.906. The van der Waals surface area contributed by atoms with Gasteiger partial charge >= 0.3 is 0 Å². The third-order valence-corrected chi connectivity index (χ3v) is 1.97. The number of phenols is 3. The SMILES string of the molecule is C[C@H](O)[C@H](N)c1c(O)cc(O)cc1O.Cl. The second-order valence-corrected chi connectivity index (χ2v) is 3.16. The zero-order valence-corrected chi connectivity index (χ0v) is 8.90. The predicted octanol–water partition coefficient (Wildman–Crippen LogP) is 0.606. The summed E-state index contributed by atoms with van der Waals surface area (Å²) in [6.45, 7) is 1.44. The average molecular weight is 236 g/mol. The van der Waals surface area contributed by atoms with Crippen molar-refractivity contribution in [1.29, 1.82) is 0 Å². The van der Waals surface area contributed by atoms with Gasteiger partial charge in [-0.05, 0) is 6.92 Å². The summed E-state index contributed by atoms with van der Waals surface area (Å²) >= 11 is 0. The first-order valence-electron chi connectivity index (χ1n) is 4.12. The molecule has 1 aromatic carbocycles. The number of hydrogen-bond acceptors (Lipinski definition) is 5. The van der Waals surface area contributed by atoms with E-state index in [0.717, 1.165) is 12.1 Å². The fourth-order valence-corrected chi connectivity index (χ4v) is 1.19. The van der Waals surface area contributed by atoms with E-state index in [9.17, 15) is 15.3 Å². The van der Waals surface area contributed by atoms with E-state index >= 15 is 0 Å². The summed E-state index contributed by atoms with van der Waals surface area (Å²) in [5, 5.41) is 37.0. The molecule has 6 N–H and O–H groups in total. The van der Waals surface area contributed by atoms with Crippen LogP contribution < -0.4 is 5.73 Å². The fraction of sp³-hybridized carbons (Fsp3) is 0.333. The standard InChI is InChI=1S/C9H13NO4.ClH/c1-4(11)9(10)8-6(13)2-5(12)3-7(8)14;/h2-4,9,11-14H,10H2,1H3;1H/t4-,9-;/m0./s1. The van der Waals surface area contributed by atoms with Crippen LogP contribution in [0, 0.1) is 0 Å². The number of aromatic hydroxyl groups is 3. The molecule has 2 atom stereocenters. The van der Waals surface area contributed by atoms with E-state index < -0.39 is 12.1 Å². The van der Waals surface area contributed by atoms with Gasteiger partial charge in [0.15, 0.2) is 0 Å². The van der Waals surface area contributed by atoms with Gasteiger partial charge in [-0.3, -0.25) is 0 Å². The first kappa shape index (κ1) is 13.8. The molecule has 0 amide bonds. The molecule has 0 aliphatic rings. The molecule has 0 aliphatic carbocycles. The summed E-state index contributed by atoms with van der Waals surface area (Å²) in [5.74, 6) is -0.937. The number of phenolic OH excluding ortho intramolecular Hbond substituents is 3. The summed E-state index contributed by atoms with van der Waals surface area (Å²) < 4.78 is 0. The van der Waals surface area contributed by atoms with Gasteiger partial charge in [-0.1, -0.05) is 0 Å². The molecule has 0 fully saturated rings. The van der Waals surface area contributed by atoms with Gasteiger partial charge in [0, 0.05) is 12.1 Å². The molecule has 0 bridgehead atoms. The van der Waals surface area contributed by atoms with Crippen molar-refractivity contribution in [3.8, 4) is 17.2 Å². The van der Waals surface area contributed by atoms with E-state index in [4.69, 9.17) is 10.8 Å². The smallest absolute Gasteiger partial charge is 0.127 e. The van der Waals surface area contributed by atoms with Crippen LogP contribution in [0.15, 0.2) is 12.1 Å². The molecule has 1 rings (SSSR count). The number of benzene rings is 1. The van der Waals surface area contributed by atoms with E-state index in [-0.39, 0.29) is 35.2 Å². The van der Waals surface area contributed by atoms with Crippen LogP contribution in [0.3, 0.4) is 0 Å². The highest BCUT2D eigenvalue weighted by molar-refractivity contribution is 5.85. The number of hydrogen-bond donors (Lipinski definition) is 5. The largest absolute Gasteiger partial charge is 0.508 e. The Morgan fingerprint density at radius 3 is 1.87 bits per heavy atom. The molecule has 86 valence electrons. The number of nitrogens with two attached hydrogens (primary N) is 1. The number of rotatable bonds is 2. The predicted molar refractivity (Wildman–Crippen MR) is 57.3 cm³/mol. The van der Waals surface area contributed by atoms with Crippen molar-refractivity contribution in [3.63, 3.8) is 0 Å². The molecule has 0 aromatic heterocycles. The third-order valence-electron chi connectivity index (χ3n) is 1.97. The van der Waals surface area contributed by atoms with Crippen molar-refractivity contribution in [1.82, 2.24) is 0 Å². The normalized spacial score (nSPS) is 14.1. The second kappa shape index (κ2) is 5.06. The Morgan fingerprint density at radius 1 is 1.13 bits per heavy atom. The Labute approximate surface area is 93.2 Å². The number of halogens is 1. The summed E-state index contributed by atoms with van der Waals surface area (Å²) in [6, 6.07) is 1.21. The van der Waals surface area contributed by atoms with E-state index in [1.165, 1.54) is 6.92 Å². The molecule has 5 nitrogen and oxygen atoms in total. The quantitative estimate of drug-likeness (QED) is 0.516. The molecule has 0 heterocycles. The first-order chi connectivity index (χ1) is 6.43. The van der Waals surface area contributed by atoms with Gasteiger partial charge in [-0.25, -0.2) is 0 Å². The van der Waals surface area contributed by atoms with E-state index in [1.807, 2.05) is 0 Å². The Balaban J connectivity index is 0.00000196. The zero-order valence-electron chi connectivity index (χ0n) is 8.08. The average Bonchev–Trinajstić information content (AvgIpc) is 2.01. The molecule has 0 spiro atoms. The van der Waals surface area contributed by atoms with Gasteiger partial charge in [0.25, 0.3) is 0 Å². The Morgan fingerprint density at radius 2 is 1.53 bits per heavy atom. The molecule has 6 heteroatoms. The van der Waals surface area contributed by atoms with Crippen LogP contribution in [0.25, 0.3) is 0 Å². The fourth-order valence-electron chi connectivity index (χ4n) is 1.19. The van der Waals surface area contributed by atoms with Crippen LogP contribution in [0.5, 0.6) is 17.2 Å². The third kappa shape index (κ3) is 2.89. The molecule has 15 heavy (non-hydrogen) atoms. The van der Waals surface area contributed by atoms with Crippen LogP contribution >= 0.6 is 12.4 Å². The molecular weight excluding hydrogens is 222 g/mol. The highest BCUT2D eigenvalue weighted by Crippen LogP contribution is 2.36. The van der Waals surface area contributed by atoms with Crippen molar-refractivity contribution < 1.29 is 20.4 Å². The van der Waals surface area contributed by atoms with Crippen LogP contribution in [-0.2, 0) is 0 Å². The lowest BCUT2D eigenvalue weighted by Crippen LogP contribution is -2.23. The maximum atomic E-state index is 9.38. The molecule has 0 unspecified atom stereocenters. The Bertz CT molecular complexity index is 320. The minimum Gasteiger partial charge on any atom is -0.508 e. The van der Waals surface area contributed by atoms with Gasteiger partial charge in [0.2, 0.25) is 0 Å². The lowest BCUT2D eigenvalue weighted by atomic mass is 10.0. The minimum absolute atomic E-state index is 0. The van der Waals surface area contributed by atoms with Crippen molar-refractivity contribution in [2.75, 3.05) is 0 Å². The van der Waals surface area contributed by atoms with Gasteiger partial charge in [0.05, 0.1) is 17.7 Å². The van der Waals surface area contributed by atoms with E-state index in [2.05, 4.69) is 0 Å². The monoisotopic (exact) mass is 235 g/mol. The second-order valence-electron chi connectivity index (χ2n) is 3.16. The van der Waals surface area contributed by atoms with Gasteiger partial charge in [0.1, 0.15) is 17.2 Å². The lowest BCUT2D eigenvalue weighted by Gasteiger charge is -2.17. The summed E-state index contributed by atoms with van der Waals surface area (Å²) in [4.78, 5) is 0. The Hall–Kier alpha value is -1.17. The van der Waals surface area contributed by atoms with Crippen molar-refractivity contribution in [2.24, 2.45) is 5.73 Å². The van der Waals surface area contributed by atoms with Gasteiger partial charge < -0.3 is 26.2 Å². The Kier molecular flexibility index (Phi) is 4.67. The van der Waals surface area contributed by atoms with Crippen LogP contribution in [-0.4, -0.2) is 26.5 Å². The molecule has 0 radical (unpaired) electrons. The van der Waals surface area contributed by atoms with Gasteiger partial charge in [-0.15, -0.1) is 12.4 Å². The lowest BCUT2D eigenvalue weighted by molar-refractivity contribution is 0.161. The van der Waals surface area contributed by atoms with E-state index in [0.29, 0.717) is 0 Å². The summed E-state index contributed by atoms with van der Waals surface area (Å²) in [5.41, 5.74) is 5.56. The van der Waals surface area contributed by atoms with E-state index in [1.54, 1.807) is 0 Å². The number of aliphatic hydroxyl groups is 1. The number of aliphatic hydroxyl groups excluding tert-OH is 1. The maximum absolute atomic E-state index is 9.38. The molecular formula is C9H14ClNO4.